The number of nitrogens with two attached hydrogens (primary N) is 2. The van der Waals surface area contributed by atoms with Gasteiger partial charge in [-0.1, -0.05) is 45.2 Å². The highest BCUT2D eigenvalue weighted by atomic mass is 35.5. The van der Waals surface area contributed by atoms with Gasteiger partial charge in [0.2, 0.25) is 12.3 Å². The number of carbonyl (C=O) groups excluding carboxylic acids is 1. The number of nitrogens with zero attached hydrogens (tertiary/aromatic N) is 3. The summed E-state index contributed by atoms with van der Waals surface area (Å²) in [4.78, 5) is 13.6. The van der Waals surface area contributed by atoms with E-state index >= 15 is 0 Å². The number of ether oxygens (including phenoxy) is 2. The number of hydrogen-bond donors (Lipinski definition) is 2. The predicted octanol–water partition coefficient (Wildman–Crippen LogP) is 7.12. The smallest absolute Gasteiger partial charge is 0.215 e. The molecule has 0 spiro atoms. The summed E-state index contributed by atoms with van der Waals surface area (Å²) in [5, 5.41) is 4.53. The molecule has 2 unspecified atom stereocenters. The van der Waals surface area contributed by atoms with E-state index < -0.39 is 11.6 Å². The van der Waals surface area contributed by atoms with Crippen LogP contribution >= 0.6 is 11.6 Å². The lowest BCUT2D eigenvalue weighted by Gasteiger charge is -2.20. The van der Waals surface area contributed by atoms with Crippen molar-refractivity contribution < 1.29 is 23.0 Å². The van der Waals surface area contributed by atoms with E-state index in [1.54, 1.807) is 0 Å². The first kappa shape index (κ1) is 34.1. The summed E-state index contributed by atoms with van der Waals surface area (Å²) in [5.74, 6) is -0.424. The van der Waals surface area contributed by atoms with Crippen LogP contribution in [0.3, 0.4) is 0 Å². The Labute approximate surface area is 268 Å². The monoisotopic (exact) mass is 641 g/mol. The molecule has 1 fully saturated rings. The molecule has 2 aliphatic rings. The van der Waals surface area contributed by atoms with E-state index in [4.69, 9.17) is 36.0 Å². The van der Waals surface area contributed by atoms with Crippen LogP contribution in [0.15, 0.2) is 36.4 Å². The van der Waals surface area contributed by atoms with Crippen LogP contribution in [0.1, 0.15) is 87.2 Å². The number of aromatic nitrogens is 3. The molecule has 1 aliphatic heterocycles. The summed E-state index contributed by atoms with van der Waals surface area (Å²) in [5.41, 5.74) is 14.7. The number of carbonyl (C=O) groups is 1. The minimum atomic E-state index is -1.07. The second-order valence-corrected chi connectivity index (χ2v) is 11.7. The van der Waals surface area contributed by atoms with Crippen molar-refractivity contribution in [1.29, 1.82) is 0 Å². The van der Waals surface area contributed by atoms with Crippen LogP contribution in [0.2, 0.25) is 5.02 Å². The fraction of sp³-hybridized carbons (Fsp3) is 0.441. The van der Waals surface area contributed by atoms with Gasteiger partial charge in [0, 0.05) is 34.7 Å². The molecule has 1 saturated carbocycles. The number of fused-ring (bicyclic) bond motifs is 2. The maximum atomic E-state index is 14.5. The van der Waals surface area contributed by atoms with Gasteiger partial charge in [-0.15, -0.1) is 0 Å². The fourth-order valence-electron chi connectivity index (χ4n) is 5.59. The van der Waals surface area contributed by atoms with Gasteiger partial charge in [0.15, 0.2) is 11.6 Å². The number of halogens is 3. The molecular weight excluding hydrogens is 600 g/mol. The van der Waals surface area contributed by atoms with Crippen molar-refractivity contribution in [3.63, 3.8) is 0 Å². The summed E-state index contributed by atoms with van der Waals surface area (Å²) < 4.78 is 42.6. The Morgan fingerprint density at radius 1 is 1.16 bits per heavy atom. The molecule has 0 radical (unpaired) electrons. The molecule has 4 aromatic rings. The lowest BCUT2D eigenvalue weighted by atomic mass is 9.89. The van der Waals surface area contributed by atoms with Crippen LogP contribution in [-0.4, -0.2) is 40.8 Å². The molecule has 11 heteroatoms. The summed E-state index contributed by atoms with van der Waals surface area (Å²) in [7, 11) is 1.50. The van der Waals surface area contributed by atoms with Gasteiger partial charge in [-0.3, -0.25) is 4.79 Å². The third kappa shape index (κ3) is 7.73. The molecule has 0 bridgehead atoms. The summed E-state index contributed by atoms with van der Waals surface area (Å²) >= 11 is 6.31. The Kier molecular flexibility index (Phi) is 11.7. The average molecular weight is 642 g/mol. The standard InChI is InChI=1S/C32H34ClF2N3O2.CH3NO.CH5N/c1-4-6-20(12-19-13-22-15-21(7-5-2)37-38(22)28(14-19)40-23-8-9-23)27-16-25-18(3)17-39-32(25)31(36-27)24-10-11-26(34)30(35)29(24)33;2-1-3;1-2/h10-11,13-16,18,20,23H,4-9,12,17H2,1-3H3;1H,(H2,2,3);2H2,1H3. The number of hydrogen-bond acceptors (Lipinski definition) is 6. The molecule has 3 aromatic heterocycles. The molecule has 1 amide bonds. The van der Waals surface area contributed by atoms with Crippen LogP contribution in [0.25, 0.3) is 16.8 Å². The van der Waals surface area contributed by atoms with Gasteiger partial charge in [-0.2, -0.15) is 5.10 Å². The van der Waals surface area contributed by atoms with Crippen LogP contribution < -0.4 is 20.9 Å². The molecule has 4 N–H and O–H groups in total. The quantitative estimate of drug-likeness (QED) is 0.141. The van der Waals surface area contributed by atoms with Crippen molar-refractivity contribution in [1.82, 2.24) is 14.6 Å². The first-order valence-corrected chi connectivity index (χ1v) is 15.9. The summed E-state index contributed by atoms with van der Waals surface area (Å²) in [6.07, 6.45) is 7.24. The maximum absolute atomic E-state index is 14.5. The molecule has 242 valence electrons. The first-order chi connectivity index (χ1) is 21.8. The zero-order valence-electron chi connectivity index (χ0n) is 26.3. The third-order valence-corrected chi connectivity index (χ3v) is 8.18. The Morgan fingerprint density at radius 3 is 2.56 bits per heavy atom. The highest BCUT2D eigenvalue weighted by Gasteiger charge is 2.30. The molecule has 0 saturated heterocycles. The predicted molar refractivity (Wildman–Crippen MR) is 173 cm³/mol. The normalized spacial score (nSPS) is 15.7. The van der Waals surface area contributed by atoms with Crippen LogP contribution in [-0.2, 0) is 17.6 Å². The van der Waals surface area contributed by atoms with E-state index in [-0.39, 0.29) is 29.4 Å². The zero-order chi connectivity index (χ0) is 32.7. The van der Waals surface area contributed by atoms with Gasteiger partial charge in [-0.25, -0.2) is 18.3 Å². The minimum Gasteiger partial charge on any atom is -0.490 e. The zero-order valence-corrected chi connectivity index (χ0v) is 27.0. The van der Waals surface area contributed by atoms with Gasteiger partial charge in [0.25, 0.3) is 0 Å². The molecule has 1 aliphatic carbocycles. The number of amides is 1. The van der Waals surface area contributed by atoms with E-state index in [0.717, 1.165) is 84.9 Å². The molecule has 4 heterocycles. The van der Waals surface area contributed by atoms with Crippen LogP contribution in [0, 0.1) is 11.6 Å². The molecule has 45 heavy (non-hydrogen) atoms. The van der Waals surface area contributed by atoms with Crippen molar-refractivity contribution >= 4 is 23.5 Å². The largest absolute Gasteiger partial charge is 0.490 e. The SMILES string of the molecule is CCCc1cc2cc(CC(CCC)c3cc4c(c(-c5ccc(F)c(F)c5Cl)n3)OCC4C)cc(OC3CC3)n2n1.CN.NC=O. The van der Waals surface area contributed by atoms with E-state index in [2.05, 4.69) is 56.5 Å². The van der Waals surface area contributed by atoms with Crippen molar-refractivity contribution in [3.05, 3.63) is 75.6 Å². The van der Waals surface area contributed by atoms with Gasteiger partial charge < -0.3 is 20.9 Å². The number of aryl methyl sites for hydroxylation is 1. The van der Waals surface area contributed by atoms with E-state index in [1.807, 2.05) is 4.52 Å². The van der Waals surface area contributed by atoms with Gasteiger partial charge in [0.1, 0.15) is 17.5 Å². The Bertz CT molecular complexity index is 1630. The van der Waals surface area contributed by atoms with Gasteiger partial charge in [-0.05, 0) is 75.0 Å². The van der Waals surface area contributed by atoms with Crippen molar-refractivity contribution in [3.8, 4) is 22.9 Å². The Balaban J connectivity index is 0.000000871. The third-order valence-electron chi connectivity index (χ3n) is 7.81. The second-order valence-electron chi connectivity index (χ2n) is 11.3. The first-order valence-electron chi connectivity index (χ1n) is 15.5. The van der Waals surface area contributed by atoms with E-state index in [9.17, 15) is 8.78 Å². The number of benzene rings is 1. The van der Waals surface area contributed by atoms with Crippen molar-refractivity contribution in [2.24, 2.45) is 11.5 Å². The topological polar surface area (TPSA) is 118 Å². The number of pyridine rings is 2. The highest BCUT2D eigenvalue weighted by molar-refractivity contribution is 6.33. The van der Waals surface area contributed by atoms with Crippen molar-refractivity contribution in [2.75, 3.05) is 13.7 Å². The lowest BCUT2D eigenvalue weighted by molar-refractivity contribution is -0.106. The highest BCUT2D eigenvalue weighted by Crippen LogP contribution is 2.45. The number of rotatable bonds is 10. The van der Waals surface area contributed by atoms with Crippen molar-refractivity contribution in [2.45, 2.75) is 83.7 Å². The average Bonchev–Trinajstić information content (AvgIpc) is 3.63. The Morgan fingerprint density at radius 2 is 1.89 bits per heavy atom. The molecule has 6 rings (SSSR count). The lowest BCUT2D eigenvalue weighted by Crippen LogP contribution is -2.09. The molecule has 8 nitrogen and oxygen atoms in total. The molecule has 1 aromatic carbocycles. The Hall–Kier alpha value is -3.76. The van der Waals surface area contributed by atoms with Gasteiger partial charge >= 0.3 is 0 Å². The van der Waals surface area contributed by atoms with Crippen LogP contribution in [0.5, 0.6) is 11.6 Å². The molecule has 2 atom stereocenters. The van der Waals surface area contributed by atoms with Crippen LogP contribution in [0.4, 0.5) is 8.78 Å². The summed E-state index contributed by atoms with van der Waals surface area (Å²) in [6.45, 7) is 6.93. The maximum Gasteiger partial charge on any atom is 0.215 e. The minimum absolute atomic E-state index is 0.0974. The fourth-order valence-corrected chi connectivity index (χ4v) is 5.83. The summed E-state index contributed by atoms with van der Waals surface area (Å²) in [6, 6.07) is 11.2. The molecular formula is C34H42ClF2N5O3. The number of primary amides is 1. The second kappa shape index (κ2) is 15.5. The van der Waals surface area contributed by atoms with E-state index in [1.165, 1.54) is 13.1 Å². The van der Waals surface area contributed by atoms with E-state index in [0.29, 0.717) is 23.6 Å². The van der Waals surface area contributed by atoms with Gasteiger partial charge in [0.05, 0.1) is 22.8 Å².